The zero-order valence-electron chi connectivity index (χ0n) is 25.9. The summed E-state index contributed by atoms with van der Waals surface area (Å²) in [5.41, 5.74) is 9.36. The van der Waals surface area contributed by atoms with Crippen LogP contribution in [0.2, 0.25) is 19.6 Å². The fourth-order valence-corrected chi connectivity index (χ4v) is 6.44. The Hall–Kier alpha value is -3.17. The molecule has 2 nitrogen and oxygen atoms in total. The Morgan fingerprint density at radius 3 is 1.79 bits per heavy atom. The van der Waals surface area contributed by atoms with Gasteiger partial charge in [0.25, 0.3) is 0 Å². The minimum absolute atomic E-state index is 0. The molecule has 0 N–H and O–H groups in total. The Bertz CT molecular complexity index is 1520. The first-order valence-corrected chi connectivity index (χ1v) is 18.1. The topological polar surface area (TPSA) is 25.8 Å². The van der Waals surface area contributed by atoms with Crippen LogP contribution >= 0.6 is 0 Å². The average molecular weight is 747 g/mol. The molecule has 0 saturated carbocycles. The molecule has 0 aliphatic rings. The molecular weight excluding hydrogens is 705 g/mol. The quantitative estimate of drug-likeness (QED) is 0.123. The van der Waals surface area contributed by atoms with Gasteiger partial charge in [0.15, 0.2) is 0 Å². The van der Waals surface area contributed by atoms with Gasteiger partial charge in [-0.2, -0.15) is 0 Å². The maximum atomic E-state index is 4.69. The molecule has 5 aromatic rings. The molecule has 0 saturated heterocycles. The summed E-state index contributed by atoms with van der Waals surface area (Å²) in [6, 6.07) is 37.7. The Morgan fingerprint density at radius 2 is 1.29 bits per heavy atom. The van der Waals surface area contributed by atoms with Gasteiger partial charge in [-0.15, -0.1) is 71.8 Å². The summed E-state index contributed by atoms with van der Waals surface area (Å²) in [4.78, 5) is 9.14. The molecule has 5 rings (SSSR count). The SMILES string of the molecule is CC(C)Cc1cc(-c2[c-]cccc2)ncc1[Si](C)(C)C.CC(C)c1ccc(-c2ccnc(-c3[c-]cccc3)c2)cc1.[Ir]. The molecule has 219 valence electrons. The van der Waals surface area contributed by atoms with Gasteiger partial charge in [0.2, 0.25) is 0 Å². The van der Waals surface area contributed by atoms with E-state index in [1.807, 2.05) is 48.7 Å². The zero-order valence-corrected chi connectivity index (χ0v) is 29.3. The molecule has 1 radical (unpaired) electrons. The number of rotatable bonds is 7. The van der Waals surface area contributed by atoms with E-state index in [1.54, 1.807) is 0 Å². The summed E-state index contributed by atoms with van der Waals surface area (Å²) < 4.78 is 0. The van der Waals surface area contributed by atoms with E-state index in [-0.39, 0.29) is 20.1 Å². The van der Waals surface area contributed by atoms with Crippen molar-refractivity contribution < 1.29 is 20.1 Å². The van der Waals surface area contributed by atoms with Crippen molar-refractivity contribution in [2.75, 3.05) is 0 Å². The minimum atomic E-state index is -1.34. The Kier molecular flexibility index (Phi) is 12.2. The predicted octanol–water partition coefficient (Wildman–Crippen LogP) is 9.63. The molecule has 0 fully saturated rings. The van der Waals surface area contributed by atoms with E-state index < -0.39 is 8.07 Å². The van der Waals surface area contributed by atoms with Gasteiger partial charge < -0.3 is 9.97 Å². The number of hydrogen-bond donors (Lipinski definition) is 0. The van der Waals surface area contributed by atoms with Crippen molar-refractivity contribution in [1.82, 2.24) is 9.97 Å². The van der Waals surface area contributed by atoms with Crippen molar-refractivity contribution in [2.24, 2.45) is 5.92 Å². The van der Waals surface area contributed by atoms with Crippen LogP contribution in [0.4, 0.5) is 0 Å². The van der Waals surface area contributed by atoms with Gasteiger partial charge in [0, 0.05) is 32.5 Å². The monoisotopic (exact) mass is 747 g/mol. The summed E-state index contributed by atoms with van der Waals surface area (Å²) in [6.07, 6.45) is 5.10. The van der Waals surface area contributed by atoms with E-state index in [9.17, 15) is 0 Å². The average Bonchev–Trinajstić information content (AvgIpc) is 2.97. The molecule has 0 atom stereocenters. The minimum Gasteiger partial charge on any atom is -0.305 e. The van der Waals surface area contributed by atoms with Crippen LogP contribution in [-0.4, -0.2) is 18.0 Å². The first-order valence-electron chi connectivity index (χ1n) is 14.6. The fourth-order valence-electron chi connectivity index (χ4n) is 4.85. The van der Waals surface area contributed by atoms with Gasteiger partial charge >= 0.3 is 0 Å². The van der Waals surface area contributed by atoms with Crippen LogP contribution < -0.4 is 5.19 Å². The summed E-state index contributed by atoms with van der Waals surface area (Å²) in [5.74, 6) is 1.23. The van der Waals surface area contributed by atoms with Crippen molar-refractivity contribution >= 4 is 13.3 Å². The fraction of sp³-hybridized carbons (Fsp3) is 0.263. The summed E-state index contributed by atoms with van der Waals surface area (Å²) in [6.45, 7) is 16.2. The summed E-state index contributed by atoms with van der Waals surface area (Å²) in [7, 11) is -1.34. The van der Waals surface area contributed by atoms with Gasteiger partial charge in [-0.3, -0.25) is 0 Å². The number of aromatic nitrogens is 2. The molecular formula is C38H42IrN2Si-2. The van der Waals surface area contributed by atoms with Crippen molar-refractivity contribution in [3.63, 3.8) is 0 Å². The van der Waals surface area contributed by atoms with Crippen LogP contribution in [0.5, 0.6) is 0 Å². The molecule has 0 spiro atoms. The maximum absolute atomic E-state index is 4.69. The zero-order chi connectivity index (χ0) is 29.4. The molecule has 0 aliphatic carbocycles. The number of nitrogens with zero attached hydrogens (tertiary/aromatic N) is 2. The Balaban J connectivity index is 0.000000225. The van der Waals surface area contributed by atoms with Crippen LogP contribution in [0.25, 0.3) is 33.6 Å². The third-order valence-electron chi connectivity index (χ3n) is 7.07. The predicted molar refractivity (Wildman–Crippen MR) is 178 cm³/mol. The van der Waals surface area contributed by atoms with E-state index in [4.69, 9.17) is 0 Å². The first kappa shape index (κ1) is 33.3. The van der Waals surface area contributed by atoms with E-state index in [2.05, 4.69) is 124 Å². The van der Waals surface area contributed by atoms with Crippen LogP contribution in [0.1, 0.15) is 44.7 Å². The van der Waals surface area contributed by atoms with Crippen molar-refractivity contribution in [3.05, 3.63) is 127 Å². The van der Waals surface area contributed by atoms with Crippen LogP contribution in [0.3, 0.4) is 0 Å². The number of benzene rings is 3. The molecule has 0 bridgehead atoms. The smallest absolute Gasteiger partial charge is 0.0798 e. The second-order valence-corrected chi connectivity index (χ2v) is 17.4. The molecule has 2 aromatic heterocycles. The largest absolute Gasteiger partial charge is 0.305 e. The molecule has 0 unspecified atom stereocenters. The molecule has 2 heterocycles. The molecule has 0 aliphatic heterocycles. The van der Waals surface area contributed by atoms with Crippen molar-refractivity contribution in [1.29, 1.82) is 0 Å². The normalized spacial score (nSPS) is 11.1. The number of pyridine rings is 2. The third kappa shape index (κ3) is 9.16. The van der Waals surface area contributed by atoms with E-state index >= 15 is 0 Å². The van der Waals surface area contributed by atoms with Gasteiger partial charge in [0.05, 0.1) is 8.07 Å². The van der Waals surface area contributed by atoms with Crippen LogP contribution in [-0.2, 0) is 26.5 Å². The standard InChI is InChI=1S/C20H18N.C18H24NSi.Ir/c1-15(2)16-8-10-17(11-9-16)19-12-13-21-20(14-19)18-6-4-3-5-7-18;1-14(2)11-16-12-17(15-9-7-6-8-10-15)19-13-18(16)20(3,4)5;/h3-6,8-15H,1-2H3;6-9,12-14H,11H2,1-5H3;/q2*-1;. The summed E-state index contributed by atoms with van der Waals surface area (Å²) in [5, 5.41) is 1.49. The van der Waals surface area contributed by atoms with E-state index in [0.29, 0.717) is 11.8 Å². The van der Waals surface area contributed by atoms with Crippen LogP contribution in [0.15, 0.2) is 103 Å². The molecule has 4 heteroatoms. The van der Waals surface area contributed by atoms with Gasteiger partial charge in [0.1, 0.15) is 0 Å². The van der Waals surface area contributed by atoms with Gasteiger partial charge in [-0.25, -0.2) is 0 Å². The Morgan fingerprint density at radius 1 is 0.690 bits per heavy atom. The van der Waals surface area contributed by atoms with Gasteiger partial charge in [-0.05, 0) is 57.6 Å². The van der Waals surface area contributed by atoms with Crippen LogP contribution in [0, 0.1) is 18.1 Å². The van der Waals surface area contributed by atoms with Gasteiger partial charge in [-0.1, -0.05) is 89.3 Å². The summed E-state index contributed by atoms with van der Waals surface area (Å²) >= 11 is 0. The third-order valence-corrected chi connectivity index (χ3v) is 9.13. The van der Waals surface area contributed by atoms with E-state index in [0.717, 1.165) is 28.9 Å². The van der Waals surface area contributed by atoms with Crippen molar-refractivity contribution in [3.8, 4) is 33.6 Å². The maximum Gasteiger partial charge on any atom is 0.0798 e. The second kappa shape index (κ2) is 15.3. The number of hydrogen-bond acceptors (Lipinski definition) is 2. The Labute approximate surface area is 268 Å². The van der Waals surface area contributed by atoms with Crippen molar-refractivity contribution in [2.45, 2.75) is 59.7 Å². The molecule has 3 aromatic carbocycles. The second-order valence-electron chi connectivity index (χ2n) is 12.3. The molecule has 0 amide bonds. The first-order chi connectivity index (χ1) is 19.6. The molecule has 42 heavy (non-hydrogen) atoms. The van der Waals surface area contributed by atoms with E-state index in [1.165, 1.54) is 27.4 Å².